The first-order valence-electron chi connectivity index (χ1n) is 7.93. The second-order valence-electron chi connectivity index (χ2n) is 5.38. The fourth-order valence-corrected chi connectivity index (χ4v) is 3.15. The Bertz CT molecular complexity index is 857. The van der Waals surface area contributed by atoms with Gasteiger partial charge in [-0.3, -0.25) is 19.3 Å². The predicted octanol–water partition coefficient (Wildman–Crippen LogP) is 3.15. The largest absolute Gasteiger partial charge is 0.465 e. The van der Waals surface area contributed by atoms with Crippen LogP contribution in [0.4, 0.5) is 4.79 Å². The second kappa shape index (κ2) is 8.35. The highest BCUT2D eigenvalue weighted by atomic mass is 32.2. The van der Waals surface area contributed by atoms with Crippen LogP contribution in [0.2, 0.25) is 0 Å². The molecule has 1 fully saturated rings. The van der Waals surface area contributed by atoms with Gasteiger partial charge in [-0.2, -0.15) is 0 Å². The molecule has 0 spiro atoms. The molecule has 0 atom stereocenters. The van der Waals surface area contributed by atoms with Gasteiger partial charge in [-0.15, -0.1) is 0 Å². The van der Waals surface area contributed by atoms with Crippen LogP contribution in [0.3, 0.4) is 0 Å². The Morgan fingerprint density at radius 3 is 2.69 bits per heavy atom. The summed E-state index contributed by atoms with van der Waals surface area (Å²) in [6.07, 6.45) is 6.08. The Kier molecular flexibility index (Phi) is 5.70. The average molecular weight is 368 g/mol. The van der Waals surface area contributed by atoms with E-state index >= 15 is 0 Å². The third kappa shape index (κ3) is 4.52. The highest BCUT2D eigenvalue weighted by Gasteiger charge is 2.34. The van der Waals surface area contributed by atoms with Crippen molar-refractivity contribution in [1.82, 2.24) is 10.2 Å². The van der Waals surface area contributed by atoms with E-state index in [2.05, 4.69) is 5.32 Å². The van der Waals surface area contributed by atoms with Crippen LogP contribution in [-0.4, -0.2) is 35.0 Å². The number of carbonyl (C=O) groups is 3. The van der Waals surface area contributed by atoms with Gasteiger partial charge >= 0.3 is 0 Å². The summed E-state index contributed by atoms with van der Waals surface area (Å²) in [5.74, 6) is -0.102. The van der Waals surface area contributed by atoms with Crippen LogP contribution in [0.5, 0.6) is 0 Å². The molecule has 3 rings (SSSR count). The number of rotatable bonds is 6. The third-order valence-corrected chi connectivity index (χ3v) is 4.46. The molecule has 0 saturated carbocycles. The number of amides is 3. The van der Waals surface area contributed by atoms with Crippen LogP contribution in [0, 0.1) is 0 Å². The summed E-state index contributed by atoms with van der Waals surface area (Å²) in [4.78, 5) is 37.6. The number of carbonyl (C=O) groups excluding carboxylic acids is 3. The first-order chi connectivity index (χ1) is 12.6. The number of benzene rings is 1. The van der Waals surface area contributed by atoms with Crippen LogP contribution < -0.4 is 5.32 Å². The lowest BCUT2D eigenvalue weighted by molar-refractivity contribution is -0.123. The maximum Gasteiger partial charge on any atom is 0.293 e. The average Bonchev–Trinajstić information content (AvgIpc) is 3.25. The number of nitrogens with one attached hydrogen (secondary N) is 1. The summed E-state index contributed by atoms with van der Waals surface area (Å²) < 4.78 is 5.09. The van der Waals surface area contributed by atoms with Gasteiger partial charge in [0.05, 0.1) is 11.2 Å². The predicted molar refractivity (Wildman–Crippen MR) is 99.9 cm³/mol. The Labute approximate surface area is 154 Å². The molecule has 1 aliphatic rings. The van der Waals surface area contributed by atoms with Gasteiger partial charge in [0.1, 0.15) is 5.76 Å². The quantitative estimate of drug-likeness (QED) is 0.793. The van der Waals surface area contributed by atoms with Gasteiger partial charge in [-0.25, -0.2) is 0 Å². The molecule has 0 aliphatic carbocycles. The summed E-state index contributed by atoms with van der Waals surface area (Å²) in [5, 5.41) is 2.30. The molecule has 3 amide bonds. The lowest BCUT2D eigenvalue weighted by Crippen LogP contribution is -2.36. The monoisotopic (exact) mass is 368 g/mol. The van der Waals surface area contributed by atoms with E-state index in [0.29, 0.717) is 10.7 Å². The van der Waals surface area contributed by atoms with Crippen molar-refractivity contribution in [3.05, 3.63) is 71.0 Å². The first kappa shape index (κ1) is 17.8. The molecular formula is C19H16N2O4S. The summed E-state index contributed by atoms with van der Waals surface area (Å²) >= 11 is 0.903. The highest BCUT2D eigenvalue weighted by molar-refractivity contribution is 8.18. The maximum atomic E-state index is 12.4. The third-order valence-electron chi connectivity index (χ3n) is 3.55. The van der Waals surface area contributed by atoms with Gasteiger partial charge in [0.25, 0.3) is 11.1 Å². The smallest absolute Gasteiger partial charge is 0.293 e. The Morgan fingerprint density at radius 1 is 1.15 bits per heavy atom. The number of furan rings is 1. The van der Waals surface area contributed by atoms with E-state index < -0.39 is 0 Å². The fraction of sp³-hybridized carbons (Fsp3) is 0.105. The molecule has 0 bridgehead atoms. The van der Waals surface area contributed by atoms with Crippen LogP contribution >= 0.6 is 11.8 Å². The fourth-order valence-electron chi connectivity index (χ4n) is 2.29. The standard InChI is InChI=1S/C19H16N2O4S/c22-17(9-8-15-7-4-12-25-15)20-10-11-21-18(23)16(26-19(21)24)13-14-5-2-1-3-6-14/h1-9,12-13H,10-11H2,(H,20,22)/b9-8+,16-13+. The minimum atomic E-state index is -0.343. The number of nitrogens with zero attached hydrogens (tertiary/aromatic N) is 1. The van der Waals surface area contributed by atoms with Gasteiger partial charge in [-0.05, 0) is 41.6 Å². The Hall–Kier alpha value is -3.06. The molecule has 1 aliphatic heterocycles. The molecule has 0 unspecified atom stereocenters. The van der Waals surface area contributed by atoms with Gasteiger partial charge in [-0.1, -0.05) is 30.3 Å². The van der Waals surface area contributed by atoms with E-state index in [1.54, 1.807) is 18.2 Å². The molecule has 26 heavy (non-hydrogen) atoms. The molecule has 2 heterocycles. The Morgan fingerprint density at radius 2 is 1.96 bits per heavy atom. The zero-order chi connectivity index (χ0) is 18.4. The van der Waals surface area contributed by atoms with E-state index in [4.69, 9.17) is 4.42 Å². The van der Waals surface area contributed by atoms with Crippen LogP contribution in [0.1, 0.15) is 11.3 Å². The minimum Gasteiger partial charge on any atom is -0.465 e. The summed E-state index contributed by atoms with van der Waals surface area (Å²) in [6, 6.07) is 12.8. The zero-order valence-electron chi connectivity index (χ0n) is 13.8. The van der Waals surface area contributed by atoms with Gasteiger partial charge < -0.3 is 9.73 Å². The highest BCUT2D eigenvalue weighted by Crippen LogP contribution is 2.31. The molecule has 7 heteroatoms. The van der Waals surface area contributed by atoms with Crippen LogP contribution in [-0.2, 0) is 9.59 Å². The van der Waals surface area contributed by atoms with Crippen molar-refractivity contribution in [3.63, 3.8) is 0 Å². The Balaban J connectivity index is 1.52. The first-order valence-corrected chi connectivity index (χ1v) is 8.75. The molecule has 0 radical (unpaired) electrons. The van der Waals surface area contributed by atoms with Crippen molar-refractivity contribution in [2.75, 3.05) is 13.1 Å². The van der Waals surface area contributed by atoms with Crippen molar-refractivity contribution in [2.45, 2.75) is 0 Å². The molecule has 6 nitrogen and oxygen atoms in total. The zero-order valence-corrected chi connectivity index (χ0v) is 14.6. The molecule has 1 aromatic heterocycles. The van der Waals surface area contributed by atoms with Crippen molar-refractivity contribution in [3.8, 4) is 0 Å². The summed E-state index contributed by atoms with van der Waals surface area (Å²) in [5.41, 5.74) is 0.856. The van der Waals surface area contributed by atoms with Gasteiger partial charge in [0, 0.05) is 19.2 Å². The topological polar surface area (TPSA) is 79.6 Å². The number of imide groups is 1. The SMILES string of the molecule is O=C(/C=C/c1ccco1)NCCN1C(=O)S/C(=C/c2ccccc2)C1=O. The second-order valence-corrected chi connectivity index (χ2v) is 6.38. The van der Waals surface area contributed by atoms with Gasteiger partial charge in [0.2, 0.25) is 5.91 Å². The number of hydrogen-bond acceptors (Lipinski definition) is 5. The molecule has 2 aromatic rings. The molecule has 1 N–H and O–H groups in total. The van der Waals surface area contributed by atoms with Crippen molar-refractivity contribution in [1.29, 1.82) is 0 Å². The molecule has 132 valence electrons. The number of thioether (sulfide) groups is 1. The molecule has 1 saturated heterocycles. The van der Waals surface area contributed by atoms with Crippen molar-refractivity contribution < 1.29 is 18.8 Å². The van der Waals surface area contributed by atoms with Gasteiger partial charge in [0.15, 0.2) is 0 Å². The van der Waals surface area contributed by atoms with E-state index in [-0.39, 0.29) is 30.1 Å². The van der Waals surface area contributed by atoms with Crippen molar-refractivity contribution in [2.24, 2.45) is 0 Å². The molecule has 1 aromatic carbocycles. The summed E-state index contributed by atoms with van der Waals surface area (Å²) in [7, 11) is 0. The van der Waals surface area contributed by atoms with E-state index in [1.807, 2.05) is 30.3 Å². The van der Waals surface area contributed by atoms with Crippen molar-refractivity contribution >= 4 is 41.0 Å². The maximum absolute atomic E-state index is 12.4. The lowest BCUT2D eigenvalue weighted by atomic mass is 10.2. The normalized spacial score (nSPS) is 16.0. The number of hydrogen-bond donors (Lipinski definition) is 1. The lowest BCUT2D eigenvalue weighted by Gasteiger charge is -2.12. The molecular weight excluding hydrogens is 352 g/mol. The minimum absolute atomic E-state index is 0.122. The van der Waals surface area contributed by atoms with E-state index in [1.165, 1.54) is 18.4 Å². The van der Waals surface area contributed by atoms with E-state index in [9.17, 15) is 14.4 Å². The summed E-state index contributed by atoms with van der Waals surface area (Å²) in [6.45, 7) is 0.301. The van der Waals surface area contributed by atoms with E-state index in [0.717, 1.165) is 22.2 Å². The van der Waals surface area contributed by atoms with Crippen LogP contribution in [0.25, 0.3) is 12.2 Å². The van der Waals surface area contributed by atoms with Crippen LogP contribution in [0.15, 0.2) is 64.1 Å².